The average molecular weight is 394 g/mol. The normalized spacial score (nSPS) is 18.3. The number of rotatable bonds is 3. The van der Waals surface area contributed by atoms with Gasteiger partial charge in [-0.1, -0.05) is 66.7 Å². The number of hydrogen-bond donors (Lipinski definition) is 2. The van der Waals surface area contributed by atoms with Gasteiger partial charge in [-0.2, -0.15) is 0 Å². The molecular weight excluding hydrogens is 376 g/mol. The number of benzene rings is 3. The van der Waals surface area contributed by atoms with E-state index in [1.807, 2.05) is 72.8 Å². The monoisotopic (exact) mass is 394 g/mol. The zero-order valence-corrected chi connectivity index (χ0v) is 15.9. The lowest BCUT2D eigenvalue weighted by Gasteiger charge is -2.25. The van der Waals surface area contributed by atoms with E-state index >= 15 is 0 Å². The highest BCUT2D eigenvalue weighted by Crippen LogP contribution is 2.42. The number of nitrogens with one attached hydrogen (secondary N) is 1. The highest BCUT2D eigenvalue weighted by Gasteiger charge is 2.47. The van der Waals surface area contributed by atoms with Crippen LogP contribution in [0.25, 0.3) is 16.7 Å². The van der Waals surface area contributed by atoms with Crippen molar-refractivity contribution in [1.29, 1.82) is 0 Å². The largest absolute Gasteiger partial charge is 0.507 e. The topological polar surface area (TPSA) is 73.4 Å². The second-order valence-electron chi connectivity index (χ2n) is 7.16. The first-order valence-electron chi connectivity index (χ1n) is 9.64. The highest BCUT2D eigenvalue weighted by molar-refractivity contribution is 6.51. The molecule has 0 aliphatic carbocycles. The fourth-order valence-electron chi connectivity index (χ4n) is 4.05. The van der Waals surface area contributed by atoms with E-state index in [4.69, 9.17) is 0 Å². The van der Waals surface area contributed by atoms with E-state index in [9.17, 15) is 14.7 Å². The molecule has 5 heteroatoms. The molecule has 1 aliphatic heterocycles. The minimum absolute atomic E-state index is 0.0832. The molecule has 5 rings (SSSR count). The molecule has 1 saturated heterocycles. The summed E-state index contributed by atoms with van der Waals surface area (Å²) in [5, 5.41) is 12.0. The number of H-pyrrole nitrogens is 1. The van der Waals surface area contributed by atoms with E-state index in [-0.39, 0.29) is 11.3 Å². The Bertz CT molecular complexity index is 1290. The quantitative estimate of drug-likeness (QED) is 0.298. The maximum absolute atomic E-state index is 13.1. The van der Waals surface area contributed by atoms with Crippen molar-refractivity contribution < 1.29 is 14.7 Å². The average Bonchev–Trinajstić information content (AvgIpc) is 3.34. The Morgan fingerprint density at radius 3 is 2.20 bits per heavy atom. The summed E-state index contributed by atoms with van der Waals surface area (Å²) >= 11 is 0. The van der Waals surface area contributed by atoms with Crippen LogP contribution in [-0.4, -0.2) is 21.8 Å². The van der Waals surface area contributed by atoms with Gasteiger partial charge in [0.05, 0.1) is 11.6 Å². The van der Waals surface area contributed by atoms with Gasteiger partial charge in [0.1, 0.15) is 5.76 Å². The molecule has 0 radical (unpaired) electrons. The molecule has 4 aromatic rings. The maximum atomic E-state index is 13.1. The molecule has 0 bridgehead atoms. The third-order valence-corrected chi connectivity index (χ3v) is 5.44. The Balaban J connectivity index is 1.76. The van der Waals surface area contributed by atoms with Crippen molar-refractivity contribution in [3.8, 4) is 0 Å². The molecule has 1 fully saturated rings. The highest BCUT2D eigenvalue weighted by atomic mass is 16.3. The number of fused-ring (bicyclic) bond motifs is 1. The Kier molecular flexibility index (Phi) is 4.21. The summed E-state index contributed by atoms with van der Waals surface area (Å²) in [5.74, 6) is -1.54. The molecular formula is C25H18N2O3. The van der Waals surface area contributed by atoms with Crippen LogP contribution in [0, 0.1) is 0 Å². The van der Waals surface area contributed by atoms with Crippen LogP contribution in [0.4, 0.5) is 5.69 Å². The van der Waals surface area contributed by atoms with Gasteiger partial charge in [0, 0.05) is 28.4 Å². The molecule has 1 aromatic heterocycles. The second kappa shape index (κ2) is 7.04. The number of aromatic nitrogens is 1. The van der Waals surface area contributed by atoms with Gasteiger partial charge in [-0.25, -0.2) is 0 Å². The van der Waals surface area contributed by atoms with Crippen molar-refractivity contribution in [1.82, 2.24) is 4.98 Å². The van der Waals surface area contributed by atoms with E-state index in [2.05, 4.69) is 4.98 Å². The standard InChI is InChI=1S/C25H18N2O3/c28-23(19-15-26-20-14-8-7-13-18(19)20)21-22(16-9-3-1-4-10-16)27(25(30)24(21)29)17-11-5-2-6-12-17/h1-15,22,26,28H/b23-21-. The summed E-state index contributed by atoms with van der Waals surface area (Å²) in [7, 11) is 0. The molecule has 1 amide bonds. The summed E-state index contributed by atoms with van der Waals surface area (Å²) in [4.78, 5) is 30.8. The van der Waals surface area contributed by atoms with Gasteiger partial charge >= 0.3 is 0 Å². The molecule has 1 atom stereocenters. The number of aromatic amines is 1. The number of Topliss-reactive ketones (excluding diaryl/α,β-unsaturated/α-hetero) is 1. The lowest BCUT2D eigenvalue weighted by Crippen LogP contribution is -2.29. The van der Waals surface area contributed by atoms with Crippen LogP contribution in [-0.2, 0) is 9.59 Å². The van der Waals surface area contributed by atoms with Crippen LogP contribution in [0.15, 0.2) is 96.7 Å². The fraction of sp³-hybridized carbons (Fsp3) is 0.0400. The lowest BCUT2D eigenvalue weighted by molar-refractivity contribution is -0.132. The van der Waals surface area contributed by atoms with Crippen molar-refractivity contribution in [2.75, 3.05) is 4.90 Å². The van der Waals surface area contributed by atoms with E-state index in [1.165, 1.54) is 4.90 Å². The van der Waals surface area contributed by atoms with Gasteiger partial charge in [0.25, 0.3) is 11.7 Å². The molecule has 1 aliphatic rings. The molecule has 2 N–H and O–H groups in total. The molecule has 0 spiro atoms. The number of aliphatic hydroxyl groups is 1. The Morgan fingerprint density at radius 2 is 1.47 bits per heavy atom. The Hall–Kier alpha value is -4.12. The summed E-state index contributed by atoms with van der Waals surface area (Å²) in [5.41, 5.74) is 2.78. The van der Waals surface area contributed by atoms with Gasteiger partial charge in [-0.05, 0) is 23.8 Å². The van der Waals surface area contributed by atoms with Gasteiger partial charge in [0.15, 0.2) is 0 Å². The van der Waals surface area contributed by atoms with E-state index < -0.39 is 17.7 Å². The summed E-state index contributed by atoms with van der Waals surface area (Å²) < 4.78 is 0. The van der Waals surface area contributed by atoms with E-state index in [0.29, 0.717) is 11.3 Å². The number of aliphatic hydroxyl groups excluding tert-OH is 1. The van der Waals surface area contributed by atoms with Crippen LogP contribution < -0.4 is 4.90 Å². The first-order valence-corrected chi connectivity index (χ1v) is 9.64. The van der Waals surface area contributed by atoms with Crippen molar-refractivity contribution in [3.05, 3.63) is 108 Å². The fourth-order valence-corrected chi connectivity index (χ4v) is 4.05. The Morgan fingerprint density at radius 1 is 0.833 bits per heavy atom. The number of anilines is 1. The maximum Gasteiger partial charge on any atom is 0.300 e. The summed E-state index contributed by atoms with van der Waals surface area (Å²) in [6.07, 6.45) is 1.66. The van der Waals surface area contributed by atoms with Crippen LogP contribution in [0.2, 0.25) is 0 Å². The molecule has 1 unspecified atom stereocenters. The van der Waals surface area contributed by atoms with Crippen molar-refractivity contribution in [2.24, 2.45) is 0 Å². The molecule has 146 valence electrons. The predicted octanol–water partition coefficient (Wildman–Crippen LogP) is 4.79. The minimum Gasteiger partial charge on any atom is -0.507 e. The number of amides is 1. The predicted molar refractivity (Wildman–Crippen MR) is 116 cm³/mol. The molecule has 3 aromatic carbocycles. The summed E-state index contributed by atoms with van der Waals surface area (Å²) in [6, 6.07) is 25.1. The molecule has 5 nitrogen and oxygen atoms in total. The number of carbonyl (C=O) groups is 2. The third kappa shape index (κ3) is 2.71. The van der Waals surface area contributed by atoms with Crippen molar-refractivity contribution in [3.63, 3.8) is 0 Å². The first-order chi connectivity index (χ1) is 14.7. The third-order valence-electron chi connectivity index (χ3n) is 5.44. The van der Waals surface area contributed by atoms with Gasteiger partial charge < -0.3 is 10.1 Å². The van der Waals surface area contributed by atoms with Crippen LogP contribution >= 0.6 is 0 Å². The van der Waals surface area contributed by atoms with Crippen LogP contribution in [0.1, 0.15) is 17.2 Å². The second-order valence-corrected chi connectivity index (χ2v) is 7.16. The summed E-state index contributed by atoms with van der Waals surface area (Å²) in [6.45, 7) is 0. The number of para-hydroxylation sites is 2. The van der Waals surface area contributed by atoms with E-state index in [1.54, 1.807) is 18.3 Å². The number of nitrogens with zero attached hydrogens (tertiary/aromatic N) is 1. The van der Waals surface area contributed by atoms with E-state index in [0.717, 1.165) is 16.5 Å². The van der Waals surface area contributed by atoms with Crippen molar-refractivity contribution in [2.45, 2.75) is 6.04 Å². The number of hydrogen-bond acceptors (Lipinski definition) is 3. The van der Waals surface area contributed by atoms with Gasteiger partial charge in [-0.3, -0.25) is 14.5 Å². The van der Waals surface area contributed by atoms with Gasteiger partial charge in [0.2, 0.25) is 0 Å². The first kappa shape index (κ1) is 17.9. The smallest absolute Gasteiger partial charge is 0.300 e. The SMILES string of the molecule is O=C1C(=O)N(c2ccccc2)C(c2ccccc2)/C1=C(/O)c1c[nH]c2ccccc12. The zero-order valence-electron chi connectivity index (χ0n) is 15.9. The van der Waals surface area contributed by atoms with Gasteiger partial charge in [-0.15, -0.1) is 0 Å². The zero-order chi connectivity index (χ0) is 20.7. The molecule has 0 saturated carbocycles. The molecule has 2 heterocycles. The molecule has 30 heavy (non-hydrogen) atoms. The minimum atomic E-state index is -0.720. The Labute approximate surface area is 172 Å². The number of ketones is 1. The van der Waals surface area contributed by atoms with Crippen molar-refractivity contribution >= 4 is 34.0 Å². The van der Waals surface area contributed by atoms with Crippen LogP contribution in [0.3, 0.4) is 0 Å². The van der Waals surface area contributed by atoms with Crippen LogP contribution in [0.5, 0.6) is 0 Å². The lowest BCUT2D eigenvalue weighted by atomic mass is 9.95. The number of carbonyl (C=O) groups excluding carboxylic acids is 2.